The summed E-state index contributed by atoms with van der Waals surface area (Å²) in [6, 6.07) is 48.4. The first-order valence-electron chi connectivity index (χ1n) is 12.9. The first-order chi connectivity index (χ1) is 18.8. The molecule has 8 rings (SSSR count). The minimum atomic E-state index is 1.17. The van der Waals surface area contributed by atoms with Crippen LogP contribution in [0.15, 0.2) is 133 Å². The summed E-state index contributed by atoms with van der Waals surface area (Å²) in [5.41, 5.74) is 9.78. The van der Waals surface area contributed by atoms with Gasteiger partial charge in [0.1, 0.15) is 0 Å². The standard InChI is InChI=1S/C36H23NS/c1-2-10-23(11-3-1)26-21-30(36-31(22-26)28-14-4-6-17-32(28)37-36)25-13-8-12-24(20-25)27-16-9-19-34-35(27)29-15-5-7-18-33(29)38-34/h1-22,37H. The molecule has 0 atom stereocenters. The summed E-state index contributed by atoms with van der Waals surface area (Å²) in [6.45, 7) is 0. The van der Waals surface area contributed by atoms with Gasteiger partial charge in [0, 0.05) is 42.0 Å². The van der Waals surface area contributed by atoms with E-state index >= 15 is 0 Å². The highest BCUT2D eigenvalue weighted by molar-refractivity contribution is 7.25. The van der Waals surface area contributed by atoms with Crippen LogP contribution in [0.4, 0.5) is 0 Å². The number of hydrogen-bond donors (Lipinski definition) is 1. The molecule has 0 saturated carbocycles. The van der Waals surface area contributed by atoms with Crippen molar-refractivity contribution in [2.24, 2.45) is 0 Å². The Morgan fingerprint density at radius 1 is 0.421 bits per heavy atom. The minimum absolute atomic E-state index is 1.17. The molecule has 0 bridgehead atoms. The lowest BCUT2D eigenvalue weighted by molar-refractivity contribution is 1.53. The number of benzene rings is 6. The van der Waals surface area contributed by atoms with Crippen LogP contribution in [0.25, 0.3) is 75.4 Å². The number of aromatic amines is 1. The van der Waals surface area contributed by atoms with Gasteiger partial charge in [-0.3, -0.25) is 0 Å². The maximum absolute atomic E-state index is 3.73. The molecule has 8 aromatic rings. The van der Waals surface area contributed by atoms with Crippen LogP contribution in [0.3, 0.4) is 0 Å². The number of fused-ring (bicyclic) bond motifs is 6. The van der Waals surface area contributed by atoms with E-state index in [-0.39, 0.29) is 0 Å². The first kappa shape index (κ1) is 21.4. The highest BCUT2D eigenvalue weighted by Crippen LogP contribution is 2.42. The molecule has 6 aromatic carbocycles. The molecule has 0 saturated heterocycles. The summed E-state index contributed by atoms with van der Waals surface area (Å²) < 4.78 is 2.67. The number of hydrogen-bond acceptors (Lipinski definition) is 1. The largest absolute Gasteiger partial charge is 0.354 e. The van der Waals surface area contributed by atoms with E-state index in [0.29, 0.717) is 0 Å². The van der Waals surface area contributed by atoms with Gasteiger partial charge in [-0.1, -0.05) is 97.1 Å². The van der Waals surface area contributed by atoms with E-state index in [1.165, 1.54) is 75.4 Å². The second-order valence-corrected chi connectivity index (χ2v) is 10.9. The van der Waals surface area contributed by atoms with Gasteiger partial charge in [-0.2, -0.15) is 0 Å². The maximum atomic E-state index is 3.73. The zero-order chi connectivity index (χ0) is 25.1. The summed E-state index contributed by atoms with van der Waals surface area (Å²) >= 11 is 1.87. The Hall–Kier alpha value is -4.66. The van der Waals surface area contributed by atoms with Crippen molar-refractivity contribution in [3.63, 3.8) is 0 Å². The summed E-state index contributed by atoms with van der Waals surface area (Å²) in [6.07, 6.45) is 0. The SMILES string of the molecule is c1ccc(-c2cc(-c3cccc(-c4cccc5sc6ccccc6c45)c3)c3[nH]c4ccccc4c3c2)cc1. The van der Waals surface area contributed by atoms with Crippen molar-refractivity contribution >= 4 is 53.3 Å². The van der Waals surface area contributed by atoms with Crippen molar-refractivity contribution in [1.82, 2.24) is 4.98 Å². The van der Waals surface area contributed by atoms with Gasteiger partial charge in [-0.15, -0.1) is 11.3 Å². The summed E-state index contributed by atoms with van der Waals surface area (Å²) in [4.78, 5) is 3.73. The monoisotopic (exact) mass is 501 g/mol. The zero-order valence-corrected chi connectivity index (χ0v) is 21.4. The smallest absolute Gasteiger partial charge is 0.0544 e. The maximum Gasteiger partial charge on any atom is 0.0544 e. The molecule has 0 unspecified atom stereocenters. The number of thiophene rings is 1. The van der Waals surface area contributed by atoms with Crippen LogP contribution in [-0.2, 0) is 0 Å². The zero-order valence-electron chi connectivity index (χ0n) is 20.6. The van der Waals surface area contributed by atoms with Crippen LogP contribution >= 0.6 is 11.3 Å². The molecule has 2 heteroatoms. The molecule has 0 spiro atoms. The van der Waals surface area contributed by atoms with Crippen LogP contribution in [0.5, 0.6) is 0 Å². The number of nitrogens with one attached hydrogen (secondary N) is 1. The van der Waals surface area contributed by atoms with Gasteiger partial charge in [-0.05, 0) is 64.2 Å². The van der Waals surface area contributed by atoms with E-state index in [1.807, 2.05) is 11.3 Å². The van der Waals surface area contributed by atoms with Crippen LogP contribution in [-0.4, -0.2) is 4.98 Å². The minimum Gasteiger partial charge on any atom is -0.354 e. The van der Waals surface area contributed by atoms with Crippen molar-refractivity contribution in [3.8, 4) is 33.4 Å². The topological polar surface area (TPSA) is 15.8 Å². The van der Waals surface area contributed by atoms with Crippen LogP contribution in [0.2, 0.25) is 0 Å². The lowest BCUT2D eigenvalue weighted by Gasteiger charge is -2.11. The molecule has 1 nitrogen and oxygen atoms in total. The summed E-state index contributed by atoms with van der Waals surface area (Å²) in [5.74, 6) is 0. The summed E-state index contributed by atoms with van der Waals surface area (Å²) in [7, 11) is 0. The average Bonchev–Trinajstić information content (AvgIpc) is 3.56. The Bertz CT molecular complexity index is 2130. The van der Waals surface area contributed by atoms with Crippen LogP contribution < -0.4 is 0 Å². The molecule has 0 amide bonds. The molecule has 38 heavy (non-hydrogen) atoms. The van der Waals surface area contributed by atoms with Crippen molar-refractivity contribution in [1.29, 1.82) is 0 Å². The lowest BCUT2D eigenvalue weighted by atomic mass is 9.93. The van der Waals surface area contributed by atoms with E-state index < -0.39 is 0 Å². The molecule has 0 aliphatic carbocycles. The van der Waals surface area contributed by atoms with Crippen molar-refractivity contribution in [3.05, 3.63) is 133 Å². The Labute approximate surface area is 224 Å². The molecule has 2 aromatic heterocycles. The van der Waals surface area contributed by atoms with E-state index in [2.05, 4.69) is 138 Å². The Balaban J connectivity index is 1.39. The van der Waals surface area contributed by atoms with E-state index in [1.54, 1.807) is 0 Å². The normalized spacial score (nSPS) is 11.7. The highest BCUT2D eigenvalue weighted by atomic mass is 32.1. The van der Waals surface area contributed by atoms with Gasteiger partial charge in [0.05, 0.1) is 5.52 Å². The van der Waals surface area contributed by atoms with Gasteiger partial charge in [0.2, 0.25) is 0 Å². The summed E-state index contributed by atoms with van der Waals surface area (Å²) in [5, 5.41) is 5.19. The predicted octanol–water partition coefficient (Wildman–Crippen LogP) is 10.7. The highest BCUT2D eigenvalue weighted by Gasteiger charge is 2.15. The van der Waals surface area contributed by atoms with E-state index in [0.717, 1.165) is 0 Å². The molecule has 0 aliphatic heterocycles. The molecule has 0 radical (unpaired) electrons. The molecule has 2 heterocycles. The number of para-hydroxylation sites is 1. The van der Waals surface area contributed by atoms with Gasteiger partial charge < -0.3 is 4.98 Å². The number of aromatic nitrogens is 1. The molecule has 178 valence electrons. The van der Waals surface area contributed by atoms with Gasteiger partial charge >= 0.3 is 0 Å². The second kappa shape index (κ2) is 8.44. The fraction of sp³-hybridized carbons (Fsp3) is 0. The number of H-pyrrole nitrogens is 1. The van der Waals surface area contributed by atoms with Gasteiger partial charge in [0.15, 0.2) is 0 Å². The Morgan fingerprint density at radius 2 is 1.11 bits per heavy atom. The fourth-order valence-electron chi connectivity index (χ4n) is 5.85. The van der Waals surface area contributed by atoms with Crippen molar-refractivity contribution in [2.75, 3.05) is 0 Å². The first-order valence-corrected chi connectivity index (χ1v) is 13.8. The fourth-order valence-corrected chi connectivity index (χ4v) is 6.98. The van der Waals surface area contributed by atoms with Crippen LogP contribution in [0, 0.1) is 0 Å². The van der Waals surface area contributed by atoms with E-state index in [4.69, 9.17) is 0 Å². The quantitative estimate of drug-likeness (QED) is 0.248. The second-order valence-electron chi connectivity index (χ2n) is 9.84. The molecule has 0 fully saturated rings. The van der Waals surface area contributed by atoms with Gasteiger partial charge in [0.25, 0.3) is 0 Å². The molecular weight excluding hydrogens is 478 g/mol. The molecular formula is C36H23NS. The van der Waals surface area contributed by atoms with Crippen molar-refractivity contribution < 1.29 is 0 Å². The molecule has 0 aliphatic rings. The average molecular weight is 502 g/mol. The predicted molar refractivity (Wildman–Crippen MR) is 165 cm³/mol. The Morgan fingerprint density at radius 3 is 2.00 bits per heavy atom. The third kappa shape index (κ3) is 3.31. The van der Waals surface area contributed by atoms with Crippen LogP contribution in [0.1, 0.15) is 0 Å². The Kier molecular flexibility index (Phi) is 4.76. The number of rotatable bonds is 3. The van der Waals surface area contributed by atoms with Gasteiger partial charge in [-0.25, -0.2) is 0 Å². The molecule has 1 N–H and O–H groups in total. The van der Waals surface area contributed by atoms with E-state index in [9.17, 15) is 0 Å². The third-order valence-electron chi connectivity index (χ3n) is 7.61. The lowest BCUT2D eigenvalue weighted by Crippen LogP contribution is -1.86. The third-order valence-corrected chi connectivity index (χ3v) is 8.75. The van der Waals surface area contributed by atoms with Crippen molar-refractivity contribution in [2.45, 2.75) is 0 Å².